The van der Waals surface area contributed by atoms with Crippen LogP contribution in [0.15, 0.2) is 0 Å². The van der Waals surface area contributed by atoms with Crippen LogP contribution in [0.1, 0.15) is 25.7 Å². The zero-order valence-corrected chi connectivity index (χ0v) is 13.9. The van der Waals surface area contributed by atoms with Crippen molar-refractivity contribution in [1.82, 2.24) is 10.6 Å². The van der Waals surface area contributed by atoms with E-state index in [0.717, 1.165) is 25.9 Å². The molecule has 0 aromatic rings. The van der Waals surface area contributed by atoms with Crippen molar-refractivity contribution in [3.05, 3.63) is 0 Å². The van der Waals surface area contributed by atoms with Crippen LogP contribution in [-0.2, 0) is 9.59 Å². The lowest BCUT2D eigenvalue weighted by Crippen LogP contribution is -2.38. The van der Waals surface area contributed by atoms with Crippen LogP contribution >= 0.6 is 24.8 Å². The van der Waals surface area contributed by atoms with Crippen molar-refractivity contribution in [2.24, 2.45) is 23.7 Å². The molecule has 0 radical (unpaired) electrons. The van der Waals surface area contributed by atoms with E-state index in [-0.39, 0.29) is 36.9 Å². The minimum atomic E-state index is -0.674. The fraction of sp³-hybridized carbons (Fsp3) is 0.857. The molecule has 0 bridgehead atoms. The Labute approximate surface area is 142 Å². The van der Waals surface area contributed by atoms with Gasteiger partial charge in [0, 0.05) is 0 Å². The number of carboxylic acid groups (broad SMARTS) is 2. The average Bonchev–Trinajstić information content (AvgIpc) is 2.77. The molecule has 0 aromatic carbocycles. The molecule has 4 N–H and O–H groups in total. The van der Waals surface area contributed by atoms with Gasteiger partial charge in [-0.1, -0.05) is 0 Å². The summed E-state index contributed by atoms with van der Waals surface area (Å²) in [4.78, 5) is 21.1. The summed E-state index contributed by atoms with van der Waals surface area (Å²) in [5.41, 5.74) is 0. The van der Waals surface area contributed by atoms with Gasteiger partial charge in [0.25, 0.3) is 0 Å². The quantitative estimate of drug-likeness (QED) is 0.590. The zero-order valence-electron chi connectivity index (χ0n) is 12.2. The van der Waals surface area contributed by atoms with E-state index in [9.17, 15) is 9.59 Å². The summed E-state index contributed by atoms with van der Waals surface area (Å²) in [6.07, 6.45) is 4.66. The highest BCUT2D eigenvalue weighted by Gasteiger charge is 2.46. The minimum absolute atomic E-state index is 0. The highest BCUT2D eigenvalue weighted by atomic mass is 35.5. The number of aliphatic carboxylic acids is 2. The van der Waals surface area contributed by atoms with Crippen molar-refractivity contribution < 1.29 is 19.8 Å². The van der Waals surface area contributed by atoms with Gasteiger partial charge in [-0.05, 0) is 62.4 Å². The number of fused-ring (bicyclic) bond motifs is 2. The molecular formula is C14H24Cl2N2O4. The maximum Gasteiger partial charge on any atom is 0.320 e. The number of carboxylic acids is 2. The molecule has 2 saturated heterocycles. The monoisotopic (exact) mass is 354 g/mol. The number of halogens is 2. The van der Waals surface area contributed by atoms with Gasteiger partial charge in [-0.3, -0.25) is 9.59 Å². The second kappa shape index (κ2) is 7.81. The first-order valence-corrected chi connectivity index (χ1v) is 7.50. The molecule has 2 aliphatic carbocycles. The zero-order chi connectivity index (χ0) is 14.3. The second-order valence-electron chi connectivity index (χ2n) is 6.45. The minimum Gasteiger partial charge on any atom is -0.480 e. The first-order valence-electron chi connectivity index (χ1n) is 7.50. The van der Waals surface area contributed by atoms with Gasteiger partial charge in [0.15, 0.2) is 0 Å². The molecule has 2 heterocycles. The van der Waals surface area contributed by atoms with Crippen molar-refractivity contribution in [3.63, 3.8) is 0 Å². The van der Waals surface area contributed by atoms with Crippen molar-refractivity contribution in [2.75, 3.05) is 13.1 Å². The number of carbonyl (C=O) groups is 2. The largest absolute Gasteiger partial charge is 0.480 e. The van der Waals surface area contributed by atoms with E-state index >= 15 is 0 Å². The molecule has 0 spiro atoms. The van der Waals surface area contributed by atoms with E-state index in [1.165, 1.54) is 12.8 Å². The fourth-order valence-electron chi connectivity index (χ4n) is 3.97. The number of rotatable bonds is 2. The van der Waals surface area contributed by atoms with Crippen molar-refractivity contribution in [3.8, 4) is 0 Å². The van der Waals surface area contributed by atoms with Crippen LogP contribution in [0.25, 0.3) is 0 Å². The first-order chi connectivity index (χ1) is 9.58. The van der Waals surface area contributed by atoms with Gasteiger partial charge in [-0.2, -0.15) is 0 Å². The predicted octanol–water partition coefficient (Wildman–Crippen LogP) is 0.982. The third-order valence-electron chi connectivity index (χ3n) is 5.54. The normalized spacial score (nSPS) is 40.2. The molecule has 6 nitrogen and oxygen atoms in total. The van der Waals surface area contributed by atoms with Gasteiger partial charge in [0.05, 0.1) is 0 Å². The summed E-state index contributed by atoms with van der Waals surface area (Å²) < 4.78 is 0. The summed E-state index contributed by atoms with van der Waals surface area (Å²) in [7, 11) is 0. The fourth-order valence-corrected chi connectivity index (χ4v) is 3.97. The lowest BCUT2D eigenvalue weighted by Gasteiger charge is -2.30. The average molecular weight is 355 g/mol. The van der Waals surface area contributed by atoms with Crippen LogP contribution in [0, 0.1) is 23.7 Å². The predicted molar refractivity (Wildman–Crippen MR) is 85.8 cm³/mol. The molecule has 4 fully saturated rings. The summed E-state index contributed by atoms with van der Waals surface area (Å²) in [6.45, 7) is 1.84. The Morgan fingerprint density at radius 3 is 1.23 bits per heavy atom. The number of hydrogen-bond donors (Lipinski definition) is 4. The Morgan fingerprint density at radius 2 is 1.09 bits per heavy atom. The highest BCUT2D eigenvalue weighted by Crippen LogP contribution is 2.41. The van der Waals surface area contributed by atoms with Gasteiger partial charge in [-0.25, -0.2) is 0 Å². The van der Waals surface area contributed by atoms with E-state index in [4.69, 9.17) is 10.2 Å². The number of nitrogens with one attached hydrogen (secondary N) is 2. The molecule has 8 heteroatoms. The van der Waals surface area contributed by atoms with Crippen LogP contribution in [0.2, 0.25) is 0 Å². The van der Waals surface area contributed by atoms with Gasteiger partial charge in [0.2, 0.25) is 0 Å². The van der Waals surface area contributed by atoms with E-state index in [0.29, 0.717) is 23.7 Å². The Balaban J connectivity index is 0.000000202. The van der Waals surface area contributed by atoms with Gasteiger partial charge < -0.3 is 20.8 Å². The van der Waals surface area contributed by atoms with Crippen LogP contribution < -0.4 is 10.6 Å². The van der Waals surface area contributed by atoms with E-state index in [1.807, 2.05) is 0 Å². The summed E-state index contributed by atoms with van der Waals surface area (Å²) in [5, 5.41) is 23.4. The molecule has 4 rings (SSSR count). The Kier molecular flexibility index (Phi) is 6.92. The molecule has 0 amide bonds. The van der Waals surface area contributed by atoms with E-state index < -0.39 is 11.9 Å². The maximum atomic E-state index is 10.5. The Bertz CT molecular complexity index is 386. The van der Waals surface area contributed by atoms with Crippen molar-refractivity contribution in [1.29, 1.82) is 0 Å². The topological polar surface area (TPSA) is 98.7 Å². The molecule has 0 aromatic heterocycles. The Hall–Kier alpha value is -0.560. The molecule has 0 unspecified atom stereocenters. The van der Waals surface area contributed by atoms with Crippen molar-refractivity contribution >= 4 is 36.8 Å². The SMILES string of the molecule is Cl.Cl.O=C(O)[C@@H]1NC[C@H]2CC[C@H]21.O=C(O)[C@H]1NC[C@@H]2CC[C@@H]21. The molecule has 128 valence electrons. The lowest BCUT2D eigenvalue weighted by molar-refractivity contribution is -0.141. The molecular weight excluding hydrogens is 331 g/mol. The smallest absolute Gasteiger partial charge is 0.320 e. The van der Waals surface area contributed by atoms with E-state index in [2.05, 4.69) is 10.6 Å². The van der Waals surface area contributed by atoms with Crippen molar-refractivity contribution in [2.45, 2.75) is 37.8 Å². The number of hydrogen-bond acceptors (Lipinski definition) is 4. The molecule has 2 aliphatic heterocycles. The van der Waals surface area contributed by atoms with Crippen LogP contribution in [0.5, 0.6) is 0 Å². The summed E-state index contributed by atoms with van der Waals surface area (Å²) in [6, 6.07) is -0.475. The maximum absolute atomic E-state index is 10.5. The van der Waals surface area contributed by atoms with Crippen LogP contribution in [0.4, 0.5) is 0 Å². The van der Waals surface area contributed by atoms with Gasteiger partial charge >= 0.3 is 11.9 Å². The first kappa shape index (κ1) is 19.5. The van der Waals surface area contributed by atoms with E-state index in [1.54, 1.807) is 0 Å². The molecule has 2 saturated carbocycles. The van der Waals surface area contributed by atoms with Crippen LogP contribution in [-0.4, -0.2) is 47.3 Å². The Morgan fingerprint density at radius 1 is 0.727 bits per heavy atom. The molecule has 22 heavy (non-hydrogen) atoms. The standard InChI is InChI=1S/2C7H11NO2.2ClH/c2*9-7(10)6-5-2-1-4(5)3-8-6;;/h2*4-6,8H,1-3H2,(H,9,10);2*1H/t2*4-,5-,6-;;/m10../s1. The van der Waals surface area contributed by atoms with Gasteiger partial charge in [0.1, 0.15) is 12.1 Å². The van der Waals surface area contributed by atoms with Crippen LogP contribution in [0.3, 0.4) is 0 Å². The third kappa shape index (κ3) is 3.50. The second-order valence-corrected chi connectivity index (χ2v) is 6.45. The molecule has 4 aliphatic rings. The third-order valence-corrected chi connectivity index (χ3v) is 5.54. The summed E-state index contributed by atoms with van der Waals surface area (Å²) in [5.74, 6) is 0.872. The highest BCUT2D eigenvalue weighted by molar-refractivity contribution is 5.85. The van der Waals surface area contributed by atoms with Gasteiger partial charge in [-0.15, -0.1) is 24.8 Å². The lowest BCUT2D eigenvalue weighted by atomic mass is 9.73. The summed E-state index contributed by atoms with van der Waals surface area (Å²) >= 11 is 0. The molecule has 6 atom stereocenters.